The lowest BCUT2D eigenvalue weighted by Crippen LogP contribution is -2.34. The van der Waals surface area contributed by atoms with Crippen molar-refractivity contribution in [1.29, 1.82) is 0 Å². The quantitative estimate of drug-likeness (QED) is 0.782. The van der Waals surface area contributed by atoms with Gasteiger partial charge in [-0.2, -0.15) is 8.78 Å². The molecule has 0 saturated carbocycles. The first kappa shape index (κ1) is 13.0. The van der Waals surface area contributed by atoms with Crippen LogP contribution in [0.1, 0.15) is 28.6 Å². The summed E-state index contributed by atoms with van der Waals surface area (Å²) in [5.74, 6) is -4.45. The van der Waals surface area contributed by atoms with Gasteiger partial charge in [-0.25, -0.2) is 8.78 Å². The highest BCUT2D eigenvalue weighted by Gasteiger charge is 2.50. The van der Waals surface area contributed by atoms with Crippen LogP contribution in [0.15, 0.2) is 0 Å². The van der Waals surface area contributed by atoms with Crippen LogP contribution in [0.2, 0.25) is 0 Å². The molecule has 0 fully saturated rings. The summed E-state index contributed by atoms with van der Waals surface area (Å²) in [6, 6.07) is 0. The van der Waals surface area contributed by atoms with Crippen LogP contribution in [0, 0.1) is 20.8 Å². The number of aromatic amines is 1. The highest BCUT2D eigenvalue weighted by molar-refractivity contribution is 5.36. The van der Waals surface area contributed by atoms with E-state index in [0.717, 1.165) is 0 Å². The minimum Gasteiger partial charge on any atom is -0.380 e. The van der Waals surface area contributed by atoms with Crippen LogP contribution >= 0.6 is 0 Å². The first-order chi connectivity index (χ1) is 7.19. The first-order valence-corrected chi connectivity index (χ1v) is 4.69. The monoisotopic (exact) mass is 239 g/mol. The van der Waals surface area contributed by atoms with E-state index in [2.05, 4.69) is 4.98 Å². The maximum Gasteiger partial charge on any atom is 0.338 e. The molecule has 2 N–H and O–H groups in total. The van der Waals surface area contributed by atoms with Crippen molar-refractivity contribution in [3.8, 4) is 0 Å². The number of aromatic nitrogens is 1. The minimum absolute atomic E-state index is 0.250. The summed E-state index contributed by atoms with van der Waals surface area (Å²) in [4.78, 5) is 2.51. The lowest BCUT2D eigenvalue weighted by Gasteiger charge is -2.21. The second-order valence-electron chi connectivity index (χ2n) is 3.79. The van der Waals surface area contributed by atoms with Gasteiger partial charge in [0.25, 0.3) is 0 Å². The van der Waals surface area contributed by atoms with Gasteiger partial charge in [0.05, 0.1) is 5.69 Å². The summed E-state index contributed by atoms with van der Waals surface area (Å²) in [5, 5.41) is 9.28. The summed E-state index contributed by atoms with van der Waals surface area (Å²) in [6.45, 7) is 4.79. The Kier molecular flexibility index (Phi) is 3.33. The number of rotatable bonds is 3. The van der Waals surface area contributed by atoms with Gasteiger partial charge in [-0.1, -0.05) is 0 Å². The van der Waals surface area contributed by atoms with Crippen molar-refractivity contribution in [1.82, 2.24) is 4.98 Å². The zero-order valence-electron chi connectivity index (χ0n) is 9.11. The average molecular weight is 239 g/mol. The number of hydrogen-bond acceptors (Lipinski definition) is 1. The molecule has 1 atom stereocenters. The number of H-pyrrole nitrogens is 1. The number of aliphatic hydroxyl groups excluding tert-OH is 1. The predicted molar refractivity (Wildman–Crippen MR) is 50.9 cm³/mol. The fraction of sp³-hybridized carbons (Fsp3) is 0.600. The molecule has 0 saturated heterocycles. The van der Waals surface area contributed by atoms with Gasteiger partial charge < -0.3 is 10.1 Å². The molecular formula is C10H13F4NO. The predicted octanol–water partition coefficient (Wildman–Crippen LogP) is 2.87. The van der Waals surface area contributed by atoms with Gasteiger partial charge in [0.15, 0.2) is 6.10 Å². The molecule has 0 aromatic carbocycles. The maximum atomic E-state index is 12.9. The molecule has 0 aliphatic carbocycles. The van der Waals surface area contributed by atoms with E-state index >= 15 is 0 Å². The molecule has 0 aliphatic rings. The van der Waals surface area contributed by atoms with Gasteiger partial charge in [-0.15, -0.1) is 0 Å². The van der Waals surface area contributed by atoms with Crippen LogP contribution in [0.25, 0.3) is 0 Å². The molecule has 0 radical (unpaired) electrons. The van der Waals surface area contributed by atoms with Gasteiger partial charge in [-0.05, 0) is 31.9 Å². The zero-order valence-corrected chi connectivity index (χ0v) is 9.11. The van der Waals surface area contributed by atoms with Crippen LogP contribution in [-0.2, 0) is 0 Å². The maximum absolute atomic E-state index is 12.9. The van der Waals surface area contributed by atoms with Crippen molar-refractivity contribution in [2.45, 2.75) is 39.2 Å². The normalized spacial score (nSPS) is 14.6. The van der Waals surface area contributed by atoms with Crippen LogP contribution < -0.4 is 0 Å². The molecule has 0 amide bonds. The SMILES string of the molecule is Cc1[nH]c(C(O)C(F)(F)C(F)F)c(C)c1C. The molecule has 2 nitrogen and oxygen atoms in total. The Hall–Kier alpha value is -1.04. The molecule has 1 unspecified atom stereocenters. The second kappa shape index (κ2) is 4.08. The Labute approximate surface area is 90.3 Å². The Morgan fingerprint density at radius 2 is 1.62 bits per heavy atom. The molecule has 1 aromatic rings. The Morgan fingerprint density at radius 3 is 1.94 bits per heavy atom. The summed E-state index contributed by atoms with van der Waals surface area (Å²) in [5.41, 5.74) is 1.39. The van der Waals surface area contributed by atoms with Crippen LogP contribution in [-0.4, -0.2) is 22.4 Å². The smallest absolute Gasteiger partial charge is 0.338 e. The molecule has 1 heterocycles. The highest BCUT2D eigenvalue weighted by atomic mass is 19.3. The van der Waals surface area contributed by atoms with Gasteiger partial charge in [0.2, 0.25) is 0 Å². The van der Waals surface area contributed by atoms with Gasteiger partial charge in [0, 0.05) is 5.69 Å². The molecule has 0 spiro atoms. The van der Waals surface area contributed by atoms with Crippen molar-refractivity contribution in [2.24, 2.45) is 0 Å². The largest absolute Gasteiger partial charge is 0.380 e. The van der Waals surface area contributed by atoms with E-state index in [1.54, 1.807) is 13.8 Å². The number of nitrogens with one attached hydrogen (secondary N) is 1. The molecule has 0 bridgehead atoms. The van der Waals surface area contributed by atoms with Crippen molar-refractivity contribution in [3.63, 3.8) is 0 Å². The minimum atomic E-state index is -4.45. The van der Waals surface area contributed by atoms with Crippen molar-refractivity contribution in [2.75, 3.05) is 0 Å². The molecule has 1 aromatic heterocycles. The Bertz CT molecular complexity index is 386. The highest BCUT2D eigenvalue weighted by Crippen LogP contribution is 2.38. The van der Waals surface area contributed by atoms with E-state index in [9.17, 15) is 22.7 Å². The van der Waals surface area contributed by atoms with Crippen molar-refractivity contribution >= 4 is 0 Å². The second-order valence-corrected chi connectivity index (χ2v) is 3.79. The third-order valence-electron chi connectivity index (χ3n) is 2.78. The van der Waals surface area contributed by atoms with E-state index in [0.29, 0.717) is 16.8 Å². The molecule has 6 heteroatoms. The molecule has 1 rings (SSSR count). The third kappa shape index (κ3) is 1.93. The number of alkyl halides is 4. The Balaban J connectivity index is 3.15. The topological polar surface area (TPSA) is 36.0 Å². The standard InChI is InChI=1S/C10H13F4NO/c1-4-5(2)7(15-6(4)3)8(16)10(13,14)9(11)12/h8-9,15-16H,1-3H3. The molecule has 16 heavy (non-hydrogen) atoms. The van der Waals surface area contributed by atoms with Gasteiger partial charge in [0.1, 0.15) is 0 Å². The van der Waals surface area contributed by atoms with E-state index in [-0.39, 0.29) is 5.69 Å². The summed E-state index contributed by atoms with van der Waals surface area (Å²) in [7, 11) is 0. The number of aryl methyl sites for hydroxylation is 1. The average Bonchev–Trinajstić information content (AvgIpc) is 2.44. The summed E-state index contributed by atoms with van der Waals surface area (Å²) >= 11 is 0. The lowest BCUT2D eigenvalue weighted by atomic mass is 10.0. The van der Waals surface area contributed by atoms with E-state index in [1.165, 1.54) is 6.92 Å². The van der Waals surface area contributed by atoms with E-state index in [1.807, 2.05) is 0 Å². The molecule has 0 aliphatic heterocycles. The van der Waals surface area contributed by atoms with E-state index < -0.39 is 18.5 Å². The van der Waals surface area contributed by atoms with Gasteiger partial charge >= 0.3 is 12.3 Å². The van der Waals surface area contributed by atoms with Crippen molar-refractivity contribution < 1.29 is 22.7 Å². The molecular weight excluding hydrogens is 226 g/mol. The number of hydrogen-bond donors (Lipinski definition) is 2. The fourth-order valence-corrected chi connectivity index (χ4v) is 1.46. The summed E-state index contributed by atoms with van der Waals surface area (Å²) < 4.78 is 50.0. The number of halogens is 4. The number of aliphatic hydroxyl groups is 1. The Morgan fingerprint density at radius 1 is 1.12 bits per heavy atom. The lowest BCUT2D eigenvalue weighted by molar-refractivity contribution is -0.195. The van der Waals surface area contributed by atoms with Crippen LogP contribution in [0.3, 0.4) is 0 Å². The summed E-state index contributed by atoms with van der Waals surface area (Å²) in [6.07, 6.45) is -6.41. The van der Waals surface area contributed by atoms with E-state index in [4.69, 9.17) is 0 Å². The van der Waals surface area contributed by atoms with Crippen LogP contribution in [0.4, 0.5) is 17.6 Å². The van der Waals surface area contributed by atoms with Crippen LogP contribution in [0.5, 0.6) is 0 Å². The fourth-order valence-electron chi connectivity index (χ4n) is 1.46. The first-order valence-electron chi connectivity index (χ1n) is 4.69. The third-order valence-corrected chi connectivity index (χ3v) is 2.78. The van der Waals surface area contributed by atoms with Crippen molar-refractivity contribution in [3.05, 3.63) is 22.5 Å². The molecule has 92 valence electrons. The zero-order chi connectivity index (χ0) is 12.7. The van der Waals surface area contributed by atoms with Gasteiger partial charge in [-0.3, -0.25) is 0 Å².